The molecule has 96 valence electrons. The summed E-state index contributed by atoms with van der Waals surface area (Å²) in [5, 5.41) is -0.125. The average molecular weight is 263 g/mol. The van der Waals surface area contributed by atoms with Gasteiger partial charge >= 0.3 is 0 Å². The number of hydrogen-bond donors (Lipinski definition) is 0. The summed E-state index contributed by atoms with van der Waals surface area (Å²) in [6.07, 6.45) is 2.12. The number of hydrogen-bond acceptors (Lipinski definition) is 3. The molecular weight excluding hydrogens is 246 g/mol. The molecule has 0 aliphatic carbocycles. The zero-order chi connectivity index (χ0) is 13.1. The van der Waals surface area contributed by atoms with Gasteiger partial charge in [-0.15, -0.1) is 11.8 Å². The first-order valence-corrected chi connectivity index (χ1v) is 7.05. The highest BCUT2D eigenvalue weighted by molar-refractivity contribution is 8.00. The summed E-state index contributed by atoms with van der Waals surface area (Å²) in [5.74, 6) is -0.144. The maximum Gasteiger partial charge on any atom is 0.242 e. The van der Waals surface area contributed by atoms with Crippen molar-refractivity contribution in [3.8, 4) is 0 Å². The lowest BCUT2D eigenvalue weighted by Gasteiger charge is -2.27. The second-order valence-corrected chi connectivity index (χ2v) is 5.71. The van der Waals surface area contributed by atoms with Gasteiger partial charge in [0.1, 0.15) is 0 Å². The van der Waals surface area contributed by atoms with Gasteiger partial charge in [0.2, 0.25) is 11.8 Å². The van der Waals surface area contributed by atoms with Crippen molar-refractivity contribution in [3.63, 3.8) is 0 Å². The zero-order valence-electron chi connectivity index (χ0n) is 10.7. The smallest absolute Gasteiger partial charge is 0.242 e. The van der Waals surface area contributed by atoms with Crippen LogP contribution in [0.4, 0.5) is 0 Å². The van der Waals surface area contributed by atoms with Crippen molar-refractivity contribution in [1.29, 1.82) is 0 Å². The maximum atomic E-state index is 11.9. The molecule has 1 aromatic carbocycles. The highest BCUT2D eigenvalue weighted by atomic mass is 32.2. The minimum Gasteiger partial charge on any atom is -0.285 e. The molecule has 1 saturated heterocycles. The van der Waals surface area contributed by atoms with E-state index in [1.54, 1.807) is 18.8 Å². The number of thioether (sulfide) groups is 1. The third-order valence-corrected chi connectivity index (χ3v) is 4.48. The molecule has 1 heterocycles. The van der Waals surface area contributed by atoms with Gasteiger partial charge in [0.15, 0.2) is 0 Å². The Morgan fingerprint density at radius 1 is 1.28 bits per heavy atom. The zero-order valence-corrected chi connectivity index (χ0v) is 11.5. The SMILES string of the molecule is CCc1ccc(SC2CCC(=O)N(C)C2=O)cc1. The fourth-order valence-corrected chi connectivity index (χ4v) is 3.08. The quantitative estimate of drug-likeness (QED) is 0.786. The summed E-state index contributed by atoms with van der Waals surface area (Å²) in [4.78, 5) is 25.7. The van der Waals surface area contributed by atoms with Gasteiger partial charge in [0, 0.05) is 18.4 Å². The van der Waals surface area contributed by atoms with E-state index in [-0.39, 0.29) is 17.1 Å². The van der Waals surface area contributed by atoms with Crippen molar-refractivity contribution in [2.75, 3.05) is 7.05 Å². The van der Waals surface area contributed by atoms with Crippen LogP contribution in [-0.4, -0.2) is 29.0 Å². The number of likely N-dealkylation sites (tertiary alicyclic amines) is 1. The lowest BCUT2D eigenvalue weighted by Crippen LogP contribution is -2.43. The molecule has 0 radical (unpaired) electrons. The molecule has 1 aromatic rings. The molecule has 2 rings (SSSR count). The third-order valence-electron chi connectivity index (χ3n) is 3.21. The van der Waals surface area contributed by atoms with Crippen LogP contribution in [0.1, 0.15) is 25.3 Å². The summed E-state index contributed by atoms with van der Waals surface area (Å²) >= 11 is 1.55. The number of piperidine rings is 1. The topological polar surface area (TPSA) is 37.4 Å². The van der Waals surface area contributed by atoms with E-state index < -0.39 is 0 Å². The molecule has 0 saturated carbocycles. The Kier molecular flexibility index (Phi) is 4.07. The van der Waals surface area contributed by atoms with E-state index in [2.05, 4.69) is 19.1 Å². The monoisotopic (exact) mass is 263 g/mol. The van der Waals surface area contributed by atoms with Crippen molar-refractivity contribution in [2.45, 2.75) is 36.3 Å². The van der Waals surface area contributed by atoms with Gasteiger partial charge in [-0.05, 0) is 30.5 Å². The number of carbonyl (C=O) groups excluding carboxylic acids is 2. The molecule has 4 heteroatoms. The lowest BCUT2D eigenvalue weighted by molar-refractivity contribution is -0.145. The Hall–Kier alpha value is -1.29. The van der Waals surface area contributed by atoms with Gasteiger partial charge in [0.05, 0.1) is 5.25 Å². The van der Waals surface area contributed by atoms with Crippen molar-refractivity contribution >= 4 is 23.6 Å². The van der Waals surface area contributed by atoms with Crippen LogP contribution in [0.3, 0.4) is 0 Å². The molecule has 1 unspecified atom stereocenters. The van der Waals surface area contributed by atoms with Crippen LogP contribution in [0, 0.1) is 0 Å². The van der Waals surface area contributed by atoms with Crippen LogP contribution in [-0.2, 0) is 16.0 Å². The summed E-state index contributed by atoms with van der Waals surface area (Å²) in [7, 11) is 1.57. The Morgan fingerprint density at radius 3 is 2.56 bits per heavy atom. The number of benzene rings is 1. The van der Waals surface area contributed by atoms with Gasteiger partial charge in [-0.2, -0.15) is 0 Å². The molecule has 0 spiro atoms. The van der Waals surface area contributed by atoms with Crippen LogP contribution >= 0.6 is 11.8 Å². The number of amides is 2. The largest absolute Gasteiger partial charge is 0.285 e. The standard InChI is InChI=1S/C14H17NO2S/c1-3-10-4-6-11(7-5-10)18-12-8-9-13(16)15(2)14(12)17/h4-7,12H,3,8-9H2,1-2H3. The van der Waals surface area contributed by atoms with E-state index in [4.69, 9.17) is 0 Å². The molecule has 2 amide bonds. The van der Waals surface area contributed by atoms with Crippen molar-refractivity contribution < 1.29 is 9.59 Å². The predicted octanol–water partition coefficient (Wildman–Crippen LogP) is 2.49. The van der Waals surface area contributed by atoms with E-state index in [0.29, 0.717) is 12.8 Å². The van der Waals surface area contributed by atoms with Crippen molar-refractivity contribution in [1.82, 2.24) is 4.90 Å². The van der Waals surface area contributed by atoms with Gasteiger partial charge in [0.25, 0.3) is 0 Å². The van der Waals surface area contributed by atoms with Crippen LogP contribution in [0.2, 0.25) is 0 Å². The molecule has 0 bridgehead atoms. The normalized spacial score (nSPS) is 20.3. The van der Waals surface area contributed by atoms with E-state index in [9.17, 15) is 9.59 Å². The number of nitrogens with zero attached hydrogens (tertiary/aromatic N) is 1. The molecule has 18 heavy (non-hydrogen) atoms. The molecule has 1 aliphatic heterocycles. The maximum absolute atomic E-state index is 11.9. The highest BCUT2D eigenvalue weighted by Gasteiger charge is 2.32. The molecule has 1 aliphatic rings. The predicted molar refractivity (Wildman–Crippen MR) is 72.5 cm³/mol. The molecule has 3 nitrogen and oxygen atoms in total. The second-order valence-electron chi connectivity index (χ2n) is 4.43. The number of rotatable bonds is 3. The molecule has 0 N–H and O–H groups in total. The second kappa shape index (κ2) is 5.57. The van der Waals surface area contributed by atoms with Gasteiger partial charge < -0.3 is 0 Å². The fraction of sp³-hybridized carbons (Fsp3) is 0.429. The number of aryl methyl sites for hydroxylation is 1. The molecular formula is C14H17NO2S. The van der Waals surface area contributed by atoms with E-state index in [0.717, 1.165) is 11.3 Å². The minimum absolute atomic E-state index is 0.0711. The van der Waals surface area contributed by atoms with E-state index in [1.165, 1.54) is 10.5 Å². The Balaban J connectivity index is 2.04. The van der Waals surface area contributed by atoms with Crippen LogP contribution in [0.5, 0.6) is 0 Å². The van der Waals surface area contributed by atoms with Crippen LogP contribution < -0.4 is 0 Å². The highest BCUT2D eigenvalue weighted by Crippen LogP contribution is 2.30. The Labute approximate surface area is 112 Å². The Morgan fingerprint density at radius 2 is 1.94 bits per heavy atom. The first-order chi connectivity index (χ1) is 8.61. The fourth-order valence-electron chi connectivity index (χ4n) is 1.96. The number of carbonyl (C=O) groups is 2. The van der Waals surface area contributed by atoms with Gasteiger partial charge in [-0.1, -0.05) is 19.1 Å². The van der Waals surface area contributed by atoms with E-state index >= 15 is 0 Å². The van der Waals surface area contributed by atoms with Crippen molar-refractivity contribution in [3.05, 3.63) is 29.8 Å². The molecule has 1 fully saturated rings. The van der Waals surface area contributed by atoms with Gasteiger partial charge in [-0.25, -0.2) is 0 Å². The molecule has 0 aromatic heterocycles. The molecule has 1 atom stereocenters. The lowest BCUT2D eigenvalue weighted by atomic mass is 10.1. The summed E-state index contributed by atoms with van der Waals surface area (Å²) in [6.45, 7) is 2.12. The average Bonchev–Trinajstić information content (AvgIpc) is 2.40. The minimum atomic E-state index is -0.125. The van der Waals surface area contributed by atoms with Gasteiger partial charge in [-0.3, -0.25) is 14.5 Å². The Bertz CT molecular complexity index is 455. The third kappa shape index (κ3) is 2.75. The first-order valence-electron chi connectivity index (χ1n) is 6.18. The summed E-state index contributed by atoms with van der Waals surface area (Å²) in [5.41, 5.74) is 1.29. The van der Waals surface area contributed by atoms with Crippen LogP contribution in [0.25, 0.3) is 0 Å². The number of imide groups is 1. The van der Waals surface area contributed by atoms with Crippen LogP contribution in [0.15, 0.2) is 29.2 Å². The van der Waals surface area contributed by atoms with Crippen molar-refractivity contribution in [2.24, 2.45) is 0 Å². The first kappa shape index (κ1) is 13.1. The summed E-state index contributed by atoms with van der Waals surface area (Å²) in [6, 6.07) is 8.27. The summed E-state index contributed by atoms with van der Waals surface area (Å²) < 4.78 is 0. The van der Waals surface area contributed by atoms with E-state index in [1.807, 2.05) is 12.1 Å².